The molecule has 0 fully saturated rings. The molecular formula is C8H8FIN4. The largest absolute Gasteiger partial charge is 0.324 e. The third kappa shape index (κ3) is 3.13. The van der Waals surface area contributed by atoms with E-state index in [4.69, 9.17) is 11.3 Å². The van der Waals surface area contributed by atoms with Crippen molar-refractivity contribution in [2.75, 3.05) is 6.54 Å². The minimum atomic E-state index is -0.449. The summed E-state index contributed by atoms with van der Waals surface area (Å²) in [5, 5.41) is 3.34. The standard InChI is InChI=1S/C8H8FIN4/c9-6-1-5(2-7(10)3-6)8(11)4-13-14-12/h1-3,8H,4,11H2/t8-/m1/s1. The predicted octanol–water partition coefficient (Wildman–Crippen LogP) is 2.74. The lowest BCUT2D eigenvalue weighted by molar-refractivity contribution is 0.618. The number of hydrogen-bond donors (Lipinski definition) is 1. The number of benzene rings is 1. The van der Waals surface area contributed by atoms with Gasteiger partial charge in [-0.3, -0.25) is 0 Å². The van der Waals surface area contributed by atoms with Crippen LogP contribution in [0.2, 0.25) is 0 Å². The maximum Gasteiger partial charge on any atom is 0.124 e. The van der Waals surface area contributed by atoms with Crippen LogP contribution in [0.4, 0.5) is 4.39 Å². The maximum absolute atomic E-state index is 12.9. The smallest absolute Gasteiger partial charge is 0.124 e. The van der Waals surface area contributed by atoms with E-state index in [1.165, 1.54) is 12.1 Å². The van der Waals surface area contributed by atoms with Crippen LogP contribution in [0, 0.1) is 9.39 Å². The van der Waals surface area contributed by atoms with Crippen molar-refractivity contribution in [3.8, 4) is 0 Å². The van der Waals surface area contributed by atoms with Gasteiger partial charge in [0.1, 0.15) is 5.82 Å². The molecule has 0 radical (unpaired) electrons. The average Bonchev–Trinajstić information content (AvgIpc) is 2.12. The monoisotopic (exact) mass is 306 g/mol. The summed E-state index contributed by atoms with van der Waals surface area (Å²) in [4.78, 5) is 2.60. The topological polar surface area (TPSA) is 74.8 Å². The molecule has 0 aliphatic heterocycles. The first kappa shape index (κ1) is 11.2. The molecule has 0 amide bonds. The summed E-state index contributed by atoms with van der Waals surface area (Å²) < 4.78 is 13.7. The normalized spacial score (nSPS) is 11.9. The highest BCUT2D eigenvalue weighted by Gasteiger charge is 2.06. The quantitative estimate of drug-likeness (QED) is 0.396. The van der Waals surface area contributed by atoms with Crippen LogP contribution in [0.1, 0.15) is 11.6 Å². The first-order valence-corrected chi connectivity index (χ1v) is 4.94. The Morgan fingerprint density at radius 3 is 2.86 bits per heavy atom. The van der Waals surface area contributed by atoms with Crippen LogP contribution in [0.25, 0.3) is 10.4 Å². The minimum Gasteiger partial charge on any atom is -0.324 e. The maximum atomic E-state index is 12.9. The highest BCUT2D eigenvalue weighted by atomic mass is 127. The van der Waals surface area contributed by atoms with E-state index in [1.54, 1.807) is 6.07 Å². The average molecular weight is 306 g/mol. The van der Waals surface area contributed by atoms with Crippen molar-refractivity contribution >= 4 is 22.6 Å². The van der Waals surface area contributed by atoms with Crippen LogP contribution < -0.4 is 5.73 Å². The minimum absolute atomic E-state index is 0.135. The molecule has 0 heterocycles. The SMILES string of the molecule is [N-]=[N+]=NC[C@@H](N)c1cc(F)cc(I)c1. The molecule has 4 nitrogen and oxygen atoms in total. The molecule has 0 aliphatic carbocycles. The lowest BCUT2D eigenvalue weighted by Gasteiger charge is -2.09. The van der Waals surface area contributed by atoms with Crippen molar-refractivity contribution in [3.05, 3.63) is 43.6 Å². The van der Waals surface area contributed by atoms with Gasteiger partial charge < -0.3 is 5.73 Å². The molecule has 1 aromatic rings. The summed E-state index contributed by atoms with van der Waals surface area (Å²) in [5.74, 6) is -0.330. The molecule has 6 heteroatoms. The zero-order valence-corrected chi connectivity index (χ0v) is 9.35. The first-order chi connectivity index (χ1) is 6.63. The molecule has 1 rings (SSSR count). The van der Waals surface area contributed by atoms with Crippen molar-refractivity contribution in [3.63, 3.8) is 0 Å². The summed E-state index contributed by atoms with van der Waals surface area (Å²) in [5.41, 5.74) is 14.4. The van der Waals surface area contributed by atoms with Gasteiger partial charge in [0.2, 0.25) is 0 Å². The summed E-state index contributed by atoms with van der Waals surface area (Å²) in [6.07, 6.45) is 0. The summed E-state index contributed by atoms with van der Waals surface area (Å²) in [6, 6.07) is 4.07. The molecule has 0 unspecified atom stereocenters. The van der Waals surface area contributed by atoms with Gasteiger partial charge in [-0.1, -0.05) is 5.11 Å². The number of rotatable bonds is 3. The predicted molar refractivity (Wildman–Crippen MR) is 60.1 cm³/mol. The molecule has 74 valence electrons. The molecule has 0 saturated carbocycles. The zero-order chi connectivity index (χ0) is 10.6. The Morgan fingerprint density at radius 2 is 2.29 bits per heavy atom. The molecule has 1 atom stereocenters. The number of halogens is 2. The Bertz CT molecular complexity index is 355. The lowest BCUT2D eigenvalue weighted by Crippen LogP contribution is -2.13. The van der Waals surface area contributed by atoms with Gasteiger partial charge in [0.25, 0.3) is 0 Å². The van der Waals surface area contributed by atoms with E-state index in [-0.39, 0.29) is 12.4 Å². The fourth-order valence-corrected chi connectivity index (χ4v) is 1.68. The molecule has 0 aromatic heterocycles. The van der Waals surface area contributed by atoms with E-state index >= 15 is 0 Å². The lowest BCUT2D eigenvalue weighted by atomic mass is 10.1. The van der Waals surface area contributed by atoms with Gasteiger partial charge in [0, 0.05) is 21.1 Å². The van der Waals surface area contributed by atoms with E-state index in [0.29, 0.717) is 5.56 Å². The Labute approximate surface area is 94.1 Å². The van der Waals surface area contributed by atoms with Gasteiger partial charge in [-0.2, -0.15) is 0 Å². The number of azide groups is 1. The van der Waals surface area contributed by atoms with Gasteiger partial charge in [0.15, 0.2) is 0 Å². The van der Waals surface area contributed by atoms with Gasteiger partial charge >= 0.3 is 0 Å². The van der Waals surface area contributed by atoms with E-state index < -0.39 is 6.04 Å². The van der Waals surface area contributed by atoms with Crippen molar-refractivity contribution in [1.29, 1.82) is 0 Å². The fraction of sp³-hybridized carbons (Fsp3) is 0.250. The molecular weight excluding hydrogens is 298 g/mol. The Morgan fingerprint density at radius 1 is 1.57 bits per heavy atom. The molecule has 0 bridgehead atoms. The fourth-order valence-electron chi connectivity index (χ4n) is 1.02. The summed E-state index contributed by atoms with van der Waals surface area (Å²) in [7, 11) is 0. The van der Waals surface area contributed by atoms with E-state index in [9.17, 15) is 4.39 Å². The number of nitrogens with two attached hydrogens (primary N) is 1. The Kier molecular flexibility index (Phi) is 4.12. The first-order valence-electron chi connectivity index (χ1n) is 3.86. The molecule has 0 saturated heterocycles. The zero-order valence-electron chi connectivity index (χ0n) is 7.19. The van der Waals surface area contributed by atoms with Crippen molar-refractivity contribution in [2.24, 2.45) is 10.8 Å². The summed E-state index contributed by atoms with van der Waals surface area (Å²) >= 11 is 2.00. The second kappa shape index (κ2) is 5.14. The van der Waals surface area contributed by atoms with E-state index in [1.807, 2.05) is 22.6 Å². The third-order valence-corrected chi connectivity index (χ3v) is 2.28. The van der Waals surface area contributed by atoms with Crippen LogP contribution in [-0.2, 0) is 0 Å². The highest BCUT2D eigenvalue weighted by Crippen LogP contribution is 2.16. The second-order valence-corrected chi connectivity index (χ2v) is 3.97. The molecule has 0 spiro atoms. The highest BCUT2D eigenvalue weighted by molar-refractivity contribution is 14.1. The van der Waals surface area contributed by atoms with Gasteiger partial charge in [0.05, 0.1) is 0 Å². The Hall–Kier alpha value is -0.850. The molecule has 1 aromatic carbocycles. The van der Waals surface area contributed by atoms with Crippen molar-refractivity contribution < 1.29 is 4.39 Å². The van der Waals surface area contributed by atoms with E-state index in [0.717, 1.165) is 3.57 Å². The van der Waals surface area contributed by atoms with Gasteiger partial charge in [-0.05, 0) is 51.9 Å². The van der Waals surface area contributed by atoms with Crippen LogP contribution in [0.15, 0.2) is 23.3 Å². The van der Waals surface area contributed by atoms with E-state index in [2.05, 4.69) is 10.0 Å². The van der Waals surface area contributed by atoms with Crippen LogP contribution in [0.3, 0.4) is 0 Å². The number of hydrogen-bond acceptors (Lipinski definition) is 2. The second-order valence-electron chi connectivity index (χ2n) is 2.72. The molecule has 14 heavy (non-hydrogen) atoms. The Balaban J connectivity index is 2.88. The van der Waals surface area contributed by atoms with Crippen molar-refractivity contribution in [2.45, 2.75) is 6.04 Å². The molecule has 2 N–H and O–H groups in total. The third-order valence-electron chi connectivity index (χ3n) is 1.65. The molecule has 0 aliphatic rings. The van der Waals surface area contributed by atoms with Crippen LogP contribution in [-0.4, -0.2) is 6.54 Å². The van der Waals surface area contributed by atoms with Gasteiger partial charge in [-0.25, -0.2) is 4.39 Å². The van der Waals surface area contributed by atoms with Crippen LogP contribution in [0.5, 0.6) is 0 Å². The van der Waals surface area contributed by atoms with Crippen molar-refractivity contribution in [1.82, 2.24) is 0 Å². The van der Waals surface area contributed by atoms with Crippen LogP contribution >= 0.6 is 22.6 Å². The van der Waals surface area contributed by atoms with Gasteiger partial charge in [-0.15, -0.1) is 0 Å². The number of nitrogens with zero attached hydrogens (tertiary/aromatic N) is 3. The summed E-state index contributed by atoms with van der Waals surface area (Å²) in [6.45, 7) is 0.135.